The third kappa shape index (κ3) is 3.31. The number of hydrogen-bond donors (Lipinski definition) is 0. The van der Waals surface area contributed by atoms with E-state index in [2.05, 4.69) is 11.1 Å². The maximum atomic E-state index is 9.78. The van der Waals surface area contributed by atoms with Gasteiger partial charge in [-0.05, 0) is 12.5 Å². The smallest absolute Gasteiger partial charge is 0.239 e. The van der Waals surface area contributed by atoms with Gasteiger partial charge in [-0.2, -0.15) is 10.3 Å². The molecule has 0 aliphatic rings. The van der Waals surface area contributed by atoms with E-state index in [1.165, 1.54) is 0 Å². The average Bonchev–Trinajstić information content (AvgIpc) is 3.01. The number of nitriles is 1. The standard InChI is InChI=1S/C21H19N3O/c1-15(24(2)3)23-21-18(14-22)19(16-10-6-4-7-11-16)20(25-21)17-12-8-5-9-13-17/h4-13H,1-3H3. The topological polar surface area (TPSA) is 52.5 Å². The van der Waals surface area contributed by atoms with Crippen molar-refractivity contribution >= 4 is 11.7 Å². The first kappa shape index (κ1) is 16.5. The van der Waals surface area contributed by atoms with E-state index in [9.17, 15) is 5.26 Å². The molecule has 0 aliphatic carbocycles. The molecule has 0 saturated carbocycles. The number of amidine groups is 1. The van der Waals surface area contributed by atoms with Gasteiger partial charge in [0.1, 0.15) is 23.2 Å². The van der Waals surface area contributed by atoms with E-state index in [4.69, 9.17) is 4.42 Å². The monoisotopic (exact) mass is 329 g/mol. The van der Waals surface area contributed by atoms with E-state index in [0.29, 0.717) is 17.2 Å². The van der Waals surface area contributed by atoms with Gasteiger partial charge in [0.25, 0.3) is 0 Å². The van der Waals surface area contributed by atoms with E-state index >= 15 is 0 Å². The lowest BCUT2D eigenvalue weighted by Crippen LogP contribution is -2.17. The molecular formula is C21H19N3O. The van der Waals surface area contributed by atoms with Crippen molar-refractivity contribution in [1.82, 2.24) is 4.90 Å². The van der Waals surface area contributed by atoms with Crippen molar-refractivity contribution in [3.8, 4) is 28.5 Å². The molecule has 0 spiro atoms. The average molecular weight is 329 g/mol. The van der Waals surface area contributed by atoms with Crippen molar-refractivity contribution < 1.29 is 4.42 Å². The fourth-order valence-corrected chi connectivity index (χ4v) is 2.52. The van der Waals surface area contributed by atoms with Crippen LogP contribution in [0.3, 0.4) is 0 Å². The van der Waals surface area contributed by atoms with Crippen LogP contribution in [-0.2, 0) is 0 Å². The Morgan fingerprint density at radius 2 is 1.52 bits per heavy atom. The Morgan fingerprint density at radius 1 is 0.960 bits per heavy atom. The van der Waals surface area contributed by atoms with Gasteiger partial charge in [-0.15, -0.1) is 0 Å². The molecule has 0 amide bonds. The zero-order valence-corrected chi connectivity index (χ0v) is 14.5. The summed E-state index contributed by atoms with van der Waals surface area (Å²) in [5.41, 5.74) is 3.08. The van der Waals surface area contributed by atoms with Crippen LogP contribution in [-0.4, -0.2) is 24.8 Å². The van der Waals surface area contributed by atoms with Gasteiger partial charge in [0.2, 0.25) is 5.88 Å². The quantitative estimate of drug-likeness (QED) is 0.496. The zero-order valence-electron chi connectivity index (χ0n) is 14.5. The predicted octanol–water partition coefficient (Wildman–Crippen LogP) is 5.10. The number of nitrogens with zero attached hydrogens (tertiary/aromatic N) is 3. The summed E-state index contributed by atoms with van der Waals surface area (Å²) in [6.07, 6.45) is 0. The van der Waals surface area contributed by atoms with Gasteiger partial charge in [0.15, 0.2) is 0 Å². The Kier molecular flexibility index (Phi) is 4.67. The first-order valence-electron chi connectivity index (χ1n) is 8.02. The van der Waals surface area contributed by atoms with Gasteiger partial charge < -0.3 is 9.32 Å². The van der Waals surface area contributed by atoms with Crippen LogP contribution >= 0.6 is 0 Å². The molecule has 0 N–H and O–H groups in total. The Hall–Kier alpha value is -3.32. The van der Waals surface area contributed by atoms with E-state index in [1.807, 2.05) is 86.6 Å². The van der Waals surface area contributed by atoms with Gasteiger partial charge in [-0.3, -0.25) is 0 Å². The third-order valence-electron chi connectivity index (χ3n) is 4.01. The molecule has 0 radical (unpaired) electrons. The number of furan rings is 1. The highest BCUT2D eigenvalue weighted by atomic mass is 16.4. The van der Waals surface area contributed by atoms with Crippen molar-refractivity contribution in [2.75, 3.05) is 14.1 Å². The summed E-state index contributed by atoms with van der Waals surface area (Å²) in [6, 6.07) is 21.9. The zero-order chi connectivity index (χ0) is 17.8. The van der Waals surface area contributed by atoms with Crippen LogP contribution < -0.4 is 0 Å². The lowest BCUT2D eigenvalue weighted by molar-refractivity contribution is 0.579. The molecule has 3 aromatic rings. The van der Waals surface area contributed by atoms with Crippen LogP contribution in [0.15, 0.2) is 70.1 Å². The number of benzene rings is 2. The highest BCUT2D eigenvalue weighted by Crippen LogP contribution is 2.42. The van der Waals surface area contributed by atoms with Crippen LogP contribution in [0.25, 0.3) is 22.5 Å². The maximum absolute atomic E-state index is 9.78. The van der Waals surface area contributed by atoms with Crippen molar-refractivity contribution in [3.63, 3.8) is 0 Å². The second kappa shape index (κ2) is 7.06. The summed E-state index contributed by atoms with van der Waals surface area (Å²) in [5, 5.41) is 9.78. The molecule has 0 fully saturated rings. The lowest BCUT2D eigenvalue weighted by Gasteiger charge is -2.09. The molecule has 1 heterocycles. The molecule has 25 heavy (non-hydrogen) atoms. The molecule has 4 heteroatoms. The third-order valence-corrected chi connectivity index (χ3v) is 4.01. The molecule has 0 atom stereocenters. The van der Waals surface area contributed by atoms with Crippen molar-refractivity contribution in [2.45, 2.75) is 6.92 Å². The van der Waals surface area contributed by atoms with Gasteiger partial charge >= 0.3 is 0 Å². The summed E-state index contributed by atoms with van der Waals surface area (Å²) in [7, 11) is 3.81. The van der Waals surface area contributed by atoms with E-state index < -0.39 is 0 Å². The van der Waals surface area contributed by atoms with Crippen molar-refractivity contribution in [3.05, 3.63) is 66.2 Å². The Balaban J connectivity index is 2.29. The van der Waals surface area contributed by atoms with Crippen LogP contribution in [0.1, 0.15) is 12.5 Å². The van der Waals surface area contributed by atoms with Gasteiger partial charge in [-0.1, -0.05) is 60.7 Å². The van der Waals surface area contributed by atoms with Gasteiger partial charge in [0, 0.05) is 25.2 Å². The normalized spacial score (nSPS) is 11.2. The van der Waals surface area contributed by atoms with Crippen molar-refractivity contribution in [2.24, 2.45) is 4.99 Å². The summed E-state index contributed by atoms with van der Waals surface area (Å²) in [5.74, 6) is 1.77. The summed E-state index contributed by atoms with van der Waals surface area (Å²) >= 11 is 0. The first-order chi connectivity index (χ1) is 12.1. The van der Waals surface area contributed by atoms with E-state index in [-0.39, 0.29) is 0 Å². The molecule has 1 aromatic heterocycles. The number of hydrogen-bond acceptors (Lipinski definition) is 3. The molecule has 0 bridgehead atoms. The summed E-state index contributed by atoms with van der Waals surface area (Å²) < 4.78 is 6.06. The Morgan fingerprint density at radius 3 is 2.04 bits per heavy atom. The molecule has 3 rings (SSSR count). The molecule has 0 unspecified atom stereocenters. The summed E-state index contributed by atoms with van der Waals surface area (Å²) in [4.78, 5) is 6.40. The Labute approximate surface area is 147 Å². The second-order valence-electron chi connectivity index (χ2n) is 5.88. The Bertz CT molecular complexity index is 933. The first-order valence-corrected chi connectivity index (χ1v) is 8.02. The van der Waals surface area contributed by atoms with Crippen LogP contribution in [0, 0.1) is 11.3 Å². The maximum Gasteiger partial charge on any atom is 0.239 e. The molecule has 4 nitrogen and oxygen atoms in total. The van der Waals surface area contributed by atoms with Crippen molar-refractivity contribution in [1.29, 1.82) is 5.26 Å². The minimum atomic E-state index is 0.339. The molecule has 124 valence electrons. The number of rotatable bonds is 3. The van der Waals surface area contributed by atoms with Crippen LogP contribution in [0.4, 0.5) is 5.88 Å². The van der Waals surface area contributed by atoms with Gasteiger partial charge in [0.05, 0.1) is 0 Å². The lowest BCUT2D eigenvalue weighted by atomic mass is 9.98. The fraction of sp³-hybridized carbons (Fsp3) is 0.143. The highest BCUT2D eigenvalue weighted by molar-refractivity contribution is 5.90. The number of aliphatic imine (C=N–C) groups is 1. The van der Waals surface area contributed by atoms with E-state index in [0.717, 1.165) is 22.5 Å². The van der Waals surface area contributed by atoms with Crippen LogP contribution in [0.5, 0.6) is 0 Å². The van der Waals surface area contributed by atoms with Gasteiger partial charge in [-0.25, -0.2) is 0 Å². The highest BCUT2D eigenvalue weighted by Gasteiger charge is 2.22. The predicted molar refractivity (Wildman–Crippen MR) is 101 cm³/mol. The second-order valence-corrected chi connectivity index (χ2v) is 5.88. The minimum Gasteiger partial charge on any atom is -0.436 e. The minimum absolute atomic E-state index is 0.339. The fourth-order valence-electron chi connectivity index (χ4n) is 2.52. The summed E-state index contributed by atoms with van der Waals surface area (Å²) in [6.45, 7) is 1.88. The SMILES string of the molecule is CC(=Nc1oc(-c2ccccc2)c(-c2ccccc2)c1C#N)N(C)C. The van der Waals surface area contributed by atoms with E-state index in [1.54, 1.807) is 0 Å². The molecule has 0 aliphatic heterocycles. The molecule has 2 aromatic carbocycles. The molecular weight excluding hydrogens is 310 g/mol. The van der Waals surface area contributed by atoms with Crippen LogP contribution in [0.2, 0.25) is 0 Å². The molecule has 0 saturated heterocycles. The largest absolute Gasteiger partial charge is 0.436 e.